The van der Waals surface area contributed by atoms with Gasteiger partial charge in [-0.15, -0.1) is 0 Å². The van der Waals surface area contributed by atoms with Crippen molar-refractivity contribution in [3.8, 4) is 0 Å². The largest absolute Gasteiger partial charge is 0.376 e. The van der Waals surface area contributed by atoms with E-state index in [1.807, 2.05) is 31.1 Å². The second kappa shape index (κ2) is 7.14. The van der Waals surface area contributed by atoms with Crippen molar-refractivity contribution in [2.24, 2.45) is 11.7 Å². The van der Waals surface area contributed by atoms with Crippen molar-refractivity contribution in [3.63, 3.8) is 0 Å². The Morgan fingerprint density at radius 2 is 2.00 bits per heavy atom. The van der Waals surface area contributed by atoms with E-state index >= 15 is 0 Å². The first-order chi connectivity index (χ1) is 9.99. The number of nitrogens with zero attached hydrogens (tertiary/aromatic N) is 1. The van der Waals surface area contributed by atoms with Gasteiger partial charge in [0.1, 0.15) is 0 Å². The molecule has 1 saturated carbocycles. The van der Waals surface area contributed by atoms with Crippen LogP contribution in [-0.2, 0) is 4.79 Å². The molecular formula is C16H24ClN3O. The quantitative estimate of drug-likeness (QED) is 0.897. The van der Waals surface area contributed by atoms with Crippen LogP contribution >= 0.6 is 11.6 Å². The third-order valence-corrected chi connectivity index (χ3v) is 4.39. The van der Waals surface area contributed by atoms with Gasteiger partial charge in [0.05, 0.1) is 17.4 Å². The molecule has 0 heterocycles. The molecule has 116 valence electrons. The summed E-state index contributed by atoms with van der Waals surface area (Å²) in [6.45, 7) is 0. The van der Waals surface area contributed by atoms with E-state index in [0.717, 1.165) is 18.5 Å². The van der Waals surface area contributed by atoms with Gasteiger partial charge in [-0.25, -0.2) is 0 Å². The molecule has 0 unspecified atom stereocenters. The molecule has 1 aliphatic carbocycles. The molecule has 2 rings (SSSR count). The van der Waals surface area contributed by atoms with Gasteiger partial charge < -0.3 is 16.0 Å². The van der Waals surface area contributed by atoms with Crippen molar-refractivity contribution in [2.45, 2.75) is 38.1 Å². The Balaban J connectivity index is 2.09. The van der Waals surface area contributed by atoms with E-state index in [2.05, 4.69) is 5.32 Å². The van der Waals surface area contributed by atoms with E-state index in [1.165, 1.54) is 19.3 Å². The summed E-state index contributed by atoms with van der Waals surface area (Å²) in [5.41, 5.74) is 7.78. The number of benzene rings is 1. The molecule has 0 spiro atoms. The molecule has 0 radical (unpaired) electrons. The summed E-state index contributed by atoms with van der Waals surface area (Å²) in [7, 11) is 3.86. The van der Waals surface area contributed by atoms with Crippen molar-refractivity contribution in [1.29, 1.82) is 0 Å². The van der Waals surface area contributed by atoms with Gasteiger partial charge in [-0.05, 0) is 37.0 Å². The van der Waals surface area contributed by atoms with Crippen LogP contribution in [0.2, 0.25) is 5.02 Å². The molecule has 1 fully saturated rings. The van der Waals surface area contributed by atoms with Crippen LogP contribution in [0.5, 0.6) is 0 Å². The molecule has 0 bridgehead atoms. The first-order valence-corrected chi connectivity index (χ1v) is 7.90. The standard InChI is InChI=1S/C16H24ClN3O/c1-20(2)14-9-8-12(17)10-13(14)19-16(21)15(18)11-6-4-3-5-7-11/h8-11,15H,3-7,18H2,1-2H3,(H,19,21)/t15-/m0/s1. The predicted octanol–water partition coefficient (Wildman–Crippen LogP) is 3.25. The summed E-state index contributed by atoms with van der Waals surface area (Å²) in [5, 5.41) is 3.54. The Morgan fingerprint density at radius 3 is 2.62 bits per heavy atom. The molecule has 0 aliphatic heterocycles. The minimum absolute atomic E-state index is 0.118. The average molecular weight is 310 g/mol. The smallest absolute Gasteiger partial charge is 0.241 e. The van der Waals surface area contributed by atoms with E-state index < -0.39 is 6.04 Å². The number of hydrogen-bond acceptors (Lipinski definition) is 3. The Kier molecular flexibility index (Phi) is 5.48. The van der Waals surface area contributed by atoms with Crippen molar-refractivity contribution >= 4 is 28.9 Å². The third-order valence-electron chi connectivity index (χ3n) is 4.16. The van der Waals surface area contributed by atoms with Crippen molar-refractivity contribution in [1.82, 2.24) is 0 Å². The van der Waals surface area contributed by atoms with Gasteiger partial charge in [0.15, 0.2) is 0 Å². The molecule has 3 N–H and O–H groups in total. The number of amides is 1. The van der Waals surface area contributed by atoms with Crippen molar-refractivity contribution in [3.05, 3.63) is 23.2 Å². The Hall–Kier alpha value is -1.26. The van der Waals surface area contributed by atoms with Crippen LogP contribution in [0.25, 0.3) is 0 Å². The number of halogens is 1. The number of rotatable bonds is 4. The monoisotopic (exact) mass is 309 g/mol. The molecule has 4 nitrogen and oxygen atoms in total. The van der Waals surface area contributed by atoms with Gasteiger partial charge in [-0.1, -0.05) is 30.9 Å². The second-order valence-electron chi connectivity index (χ2n) is 5.97. The summed E-state index contributed by atoms with van der Waals surface area (Å²) in [6, 6.07) is 5.03. The highest BCUT2D eigenvalue weighted by Gasteiger charge is 2.26. The lowest BCUT2D eigenvalue weighted by molar-refractivity contribution is -0.118. The van der Waals surface area contributed by atoms with Crippen LogP contribution in [0, 0.1) is 5.92 Å². The Labute approximate surface area is 131 Å². The molecule has 21 heavy (non-hydrogen) atoms. The molecule has 1 amide bonds. The number of hydrogen-bond donors (Lipinski definition) is 2. The summed E-state index contributed by atoms with van der Waals surface area (Å²) < 4.78 is 0. The Morgan fingerprint density at radius 1 is 1.33 bits per heavy atom. The fourth-order valence-corrected chi connectivity index (χ4v) is 3.09. The van der Waals surface area contributed by atoms with E-state index in [-0.39, 0.29) is 5.91 Å². The SMILES string of the molecule is CN(C)c1ccc(Cl)cc1NC(=O)[C@@H](N)C1CCCCC1. The molecular weight excluding hydrogens is 286 g/mol. The van der Waals surface area contributed by atoms with Gasteiger partial charge in [0.25, 0.3) is 0 Å². The zero-order valence-electron chi connectivity index (χ0n) is 12.7. The number of carbonyl (C=O) groups excluding carboxylic acids is 1. The van der Waals surface area contributed by atoms with Crippen LogP contribution in [0.4, 0.5) is 11.4 Å². The fourth-order valence-electron chi connectivity index (χ4n) is 2.92. The molecule has 5 heteroatoms. The van der Waals surface area contributed by atoms with Gasteiger partial charge in [0.2, 0.25) is 5.91 Å². The van der Waals surface area contributed by atoms with Gasteiger partial charge >= 0.3 is 0 Å². The predicted molar refractivity (Wildman–Crippen MR) is 89.0 cm³/mol. The summed E-state index contributed by atoms with van der Waals surface area (Å²) in [5.74, 6) is 0.174. The van der Waals surface area contributed by atoms with Gasteiger partial charge in [-0.2, -0.15) is 0 Å². The van der Waals surface area contributed by atoms with Crippen LogP contribution in [0.15, 0.2) is 18.2 Å². The number of nitrogens with one attached hydrogen (secondary N) is 1. The highest BCUT2D eigenvalue weighted by Crippen LogP contribution is 2.30. The number of nitrogens with two attached hydrogens (primary N) is 1. The zero-order chi connectivity index (χ0) is 15.4. The summed E-state index contributed by atoms with van der Waals surface area (Å²) in [6.07, 6.45) is 5.69. The average Bonchev–Trinajstić information content (AvgIpc) is 2.47. The minimum atomic E-state index is -0.445. The maximum atomic E-state index is 12.4. The third kappa shape index (κ3) is 4.11. The molecule has 1 aliphatic rings. The molecule has 1 aromatic rings. The maximum absolute atomic E-state index is 12.4. The minimum Gasteiger partial charge on any atom is -0.376 e. The Bertz CT molecular complexity index is 498. The van der Waals surface area contributed by atoms with Gasteiger partial charge in [0, 0.05) is 19.1 Å². The van der Waals surface area contributed by atoms with Crippen molar-refractivity contribution in [2.75, 3.05) is 24.3 Å². The molecule has 1 aromatic carbocycles. The lowest BCUT2D eigenvalue weighted by Gasteiger charge is -2.27. The van der Waals surface area contributed by atoms with E-state index in [9.17, 15) is 4.79 Å². The molecule has 0 aromatic heterocycles. The summed E-state index contributed by atoms with van der Waals surface area (Å²) in [4.78, 5) is 14.3. The van der Waals surface area contributed by atoms with Gasteiger partial charge in [-0.3, -0.25) is 4.79 Å². The molecule has 0 saturated heterocycles. The first kappa shape index (κ1) is 16.1. The van der Waals surface area contributed by atoms with Crippen LogP contribution in [0.1, 0.15) is 32.1 Å². The molecule has 1 atom stereocenters. The number of carbonyl (C=O) groups is 1. The van der Waals surface area contributed by atoms with E-state index in [0.29, 0.717) is 16.6 Å². The van der Waals surface area contributed by atoms with Crippen molar-refractivity contribution < 1.29 is 4.79 Å². The normalized spacial score (nSPS) is 17.3. The van der Waals surface area contributed by atoms with Crippen LogP contribution in [0.3, 0.4) is 0 Å². The second-order valence-corrected chi connectivity index (χ2v) is 6.41. The maximum Gasteiger partial charge on any atom is 0.241 e. The fraction of sp³-hybridized carbons (Fsp3) is 0.562. The first-order valence-electron chi connectivity index (χ1n) is 7.52. The number of anilines is 2. The lowest BCUT2D eigenvalue weighted by atomic mass is 9.84. The zero-order valence-corrected chi connectivity index (χ0v) is 13.5. The van der Waals surface area contributed by atoms with Crippen LogP contribution in [-0.4, -0.2) is 26.0 Å². The van der Waals surface area contributed by atoms with Crippen LogP contribution < -0.4 is 16.0 Å². The topological polar surface area (TPSA) is 58.4 Å². The highest BCUT2D eigenvalue weighted by molar-refractivity contribution is 6.31. The van der Waals surface area contributed by atoms with E-state index in [1.54, 1.807) is 6.07 Å². The lowest BCUT2D eigenvalue weighted by Crippen LogP contribution is -2.42. The summed E-state index contributed by atoms with van der Waals surface area (Å²) >= 11 is 6.03. The highest BCUT2D eigenvalue weighted by atomic mass is 35.5. The van der Waals surface area contributed by atoms with E-state index in [4.69, 9.17) is 17.3 Å².